The van der Waals surface area contributed by atoms with E-state index in [4.69, 9.17) is 9.47 Å². The zero-order valence-electron chi connectivity index (χ0n) is 15.6. The first-order chi connectivity index (χ1) is 12.7. The van der Waals surface area contributed by atoms with E-state index >= 15 is 0 Å². The number of ether oxygens (including phenoxy) is 2. The Morgan fingerprint density at radius 1 is 1.15 bits per heavy atom. The number of aryl methyl sites for hydroxylation is 1. The third-order valence-corrected chi connectivity index (χ3v) is 4.09. The second-order valence-corrected chi connectivity index (χ2v) is 5.77. The average molecular weight is 379 g/mol. The summed E-state index contributed by atoms with van der Waals surface area (Å²) in [6.45, 7) is 2.98. The lowest BCUT2D eigenvalue weighted by Gasteiger charge is -2.20. The average Bonchev–Trinajstić information content (AvgIpc) is 3.03. The minimum absolute atomic E-state index is 0.173. The predicted octanol–water partition coefficient (Wildman–Crippen LogP) is 1.15. The van der Waals surface area contributed by atoms with Crippen LogP contribution in [0.3, 0.4) is 0 Å². The SMILES string of the molecule is COC(C)n1c(C=Cc2cnn(C)c2)c([N+](=O)[O-])c(=O)n(C(C)OC)c1=O. The molecule has 0 aliphatic heterocycles. The van der Waals surface area contributed by atoms with Gasteiger partial charge in [0.15, 0.2) is 0 Å². The monoisotopic (exact) mass is 379 g/mol. The van der Waals surface area contributed by atoms with Gasteiger partial charge in [0, 0.05) is 33.0 Å². The van der Waals surface area contributed by atoms with E-state index in [9.17, 15) is 19.7 Å². The maximum atomic E-state index is 12.9. The molecule has 11 heteroatoms. The van der Waals surface area contributed by atoms with E-state index in [1.54, 1.807) is 31.0 Å². The molecule has 0 aliphatic rings. The maximum Gasteiger partial charge on any atom is 0.357 e. The Morgan fingerprint density at radius 2 is 1.74 bits per heavy atom. The van der Waals surface area contributed by atoms with Crippen LogP contribution < -0.4 is 11.2 Å². The van der Waals surface area contributed by atoms with Crippen LogP contribution in [0.1, 0.15) is 37.6 Å². The lowest BCUT2D eigenvalue weighted by atomic mass is 10.2. The Balaban J connectivity index is 2.87. The molecule has 2 aromatic heterocycles. The fourth-order valence-corrected chi connectivity index (χ4v) is 2.56. The fourth-order valence-electron chi connectivity index (χ4n) is 2.56. The Morgan fingerprint density at radius 3 is 2.22 bits per heavy atom. The quantitative estimate of drug-likeness (QED) is 0.522. The summed E-state index contributed by atoms with van der Waals surface area (Å²) in [5.41, 5.74) is -2.11. The summed E-state index contributed by atoms with van der Waals surface area (Å²) >= 11 is 0. The highest BCUT2D eigenvalue weighted by molar-refractivity contribution is 5.71. The van der Waals surface area contributed by atoms with E-state index in [-0.39, 0.29) is 5.69 Å². The molecule has 2 heterocycles. The van der Waals surface area contributed by atoms with Gasteiger partial charge >= 0.3 is 16.9 Å². The molecule has 0 fully saturated rings. The van der Waals surface area contributed by atoms with E-state index in [0.29, 0.717) is 10.1 Å². The Kier molecular flexibility index (Phi) is 6.08. The van der Waals surface area contributed by atoms with Crippen molar-refractivity contribution in [2.24, 2.45) is 7.05 Å². The second kappa shape index (κ2) is 8.10. The molecular weight excluding hydrogens is 358 g/mol. The molecule has 146 valence electrons. The van der Waals surface area contributed by atoms with Crippen LogP contribution in [0, 0.1) is 10.1 Å². The van der Waals surface area contributed by atoms with Crippen LogP contribution >= 0.6 is 0 Å². The number of aromatic nitrogens is 4. The number of nitrogens with zero attached hydrogens (tertiary/aromatic N) is 5. The molecule has 0 saturated heterocycles. The Labute approximate surface area is 154 Å². The molecular formula is C16H21N5O6. The smallest absolute Gasteiger partial charge is 0.357 e. The zero-order valence-corrected chi connectivity index (χ0v) is 15.6. The first kappa shape index (κ1) is 20.3. The summed E-state index contributed by atoms with van der Waals surface area (Å²) in [5.74, 6) is 0. The van der Waals surface area contributed by atoms with Gasteiger partial charge in [-0.2, -0.15) is 5.10 Å². The van der Waals surface area contributed by atoms with Crippen LogP contribution in [0.2, 0.25) is 0 Å². The van der Waals surface area contributed by atoms with Crippen molar-refractivity contribution in [3.8, 4) is 0 Å². The van der Waals surface area contributed by atoms with Gasteiger partial charge in [0.2, 0.25) is 0 Å². The maximum absolute atomic E-state index is 12.9. The third kappa shape index (κ3) is 3.88. The fraction of sp³-hybridized carbons (Fsp3) is 0.438. The van der Waals surface area contributed by atoms with Gasteiger partial charge in [-0.05, 0) is 26.0 Å². The first-order valence-corrected chi connectivity index (χ1v) is 8.00. The van der Waals surface area contributed by atoms with E-state index in [0.717, 1.165) is 4.57 Å². The molecule has 0 bridgehead atoms. The number of hydrogen-bond acceptors (Lipinski definition) is 7. The molecule has 2 atom stereocenters. The van der Waals surface area contributed by atoms with Crippen molar-refractivity contribution in [3.63, 3.8) is 0 Å². The van der Waals surface area contributed by atoms with Crippen molar-refractivity contribution in [3.05, 3.63) is 54.6 Å². The van der Waals surface area contributed by atoms with E-state index < -0.39 is 34.3 Å². The van der Waals surface area contributed by atoms with Crippen LogP contribution in [-0.4, -0.2) is 38.1 Å². The molecule has 0 spiro atoms. The summed E-state index contributed by atoms with van der Waals surface area (Å²) in [5, 5.41) is 15.6. The highest BCUT2D eigenvalue weighted by Gasteiger charge is 2.30. The van der Waals surface area contributed by atoms with Gasteiger partial charge < -0.3 is 9.47 Å². The molecule has 0 radical (unpaired) electrons. The molecule has 2 rings (SSSR count). The molecule has 11 nitrogen and oxygen atoms in total. The summed E-state index contributed by atoms with van der Waals surface area (Å²) in [4.78, 5) is 36.4. The largest absolute Gasteiger partial charge is 0.361 e. The molecule has 0 saturated carbocycles. The van der Waals surface area contributed by atoms with Crippen LogP contribution in [0.25, 0.3) is 12.2 Å². The summed E-state index contributed by atoms with van der Waals surface area (Å²) in [6, 6.07) is 0. The standard InChI is InChI=1S/C16H21N5O6/c1-10(26-4)19-13(7-6-12-8-17-18(3)9-12)14(21(24)25)15(22)20(16(19)23)11(2)27-5/h6-11H,1-5H3. The zero-order chi connectivity index (χ0) is 20.3. The van der Waals surface area contributed by atoms with E-state index in [1.807, 2.05) is 0 Å². The van der Waals surface area contributed by atoms with Gasteiger partial charge in [-0.25, -0.2) is 9.36 Å². The van der Waals surface area contributed by atoms with Crippen molar-refractivity contribution in [2.75, 3.05) is 14.2 Å². The first-order valence-electron chi connectivity index (χ1n) is 8.00. The molecule has 2 aromatic rings. The van der Waals surface area contributed by atoms with Gasteiger partial charge in [0.25, 0.3) is 0 Å². The van der Waals surface area contributed by atoms with Gasteiger partial charge in [0.1, 0.15) is 18.1 Å². The lowest BCUT2D eigenvalue weighted by Crippen LogP contribution is -2.45. The van der Waals surface area contributed by atoms with Crippen LogP contribution in [0.5, 0.6) is 0 Å². The number of nitro groups is 1. The topological polar surface area (TPSA) is 123 Å². The minimum atomic E-state index is -1.05. The summed E-state index contributed by atoms with van der Waals surface area (Å²) in [6.07, 6.45) is 4.22. The predicted molar refractivity (Wildman–Crippen MR) is 97.2 cm³/mol. The van der Waals surface area contributed by atoms with Gasteiger partial charge in [-0.3, -0.25) is 24.2 Å². The van der Waals surface area contributed by atoms with Crippen molar-refractivity contribution in [1.82, 2.24) is 18.9 Å². The minimum Gasteiger partial charge on any atom is -0.361 e. The summed E-state index contributed by atoms with van der Waals surface area (Å²) < 4.78 is 13.5. The molecule has 0 amide bonds. The van der Waals surface area contributed by atoms with Crippen molar-refractivity contribution in [1.29, 1.82) is 0 Å². The van der Waals surface area contributed by atoms with Crippen LogP contribution in [0.15, 0.2) is 22.0 Å². The van der Waals surface area contributed by atoms with E-state index in [2.05, 4.69) is 5.10 Å². The van der Waals surface area contributed by atoms with Gasteiger partial charge in [0.05, 0.1) is 11.1 Å². The normalized spacial score (nSPS) is 13.8. The highest BCUT2D eigenvalue weighted by Crippen LogP contribution is 2.20. The number of rotatable bonds is 7. The molecule has 0 aliphatic carbocycles. The van der Waals surface area contributed by atoms with Crippen LogP contribution in [0.4, 0.5) is 5.69 Å². The molecule has 0 aromatic carbocycles. The Hall–Kier alpha value is -3.05. The van der Waals surface area contributed by atoms with Crippen LogP contribution in [-0.2, 0) is 16.5 Å². The van der Waals surface area contributed by atoms with Crippen molar-refractivity contribution in [2.45, 2.75) is 26.3 Å². The van der Waals surface area contributed by atoms with Crippen molar-refractivity contribution < 1.29 is 14.4 Å². The molecule has 27 heavy (non-hydrogen) atoms. The molecule has 2 unspecified atom stereocenters. The summed E-state index contributed by atoms with van der Waals surface area (Å²) in [7, 11) is 4.37. The van der Waals surface area contributed by atoms with Crippen molar-refractivity contribution >= 4 is 17.8 Å². The molecule has 0 N–H and O–H groups in total. The third-order valence-electron chi connectivity index (χ3n) is 4.09. The number of methoxy groups -OCH3 is 2. The second-order valence-electron chi connectivity index (χ2n) is 5.77. The van der Waals surface area contributed by atoms with Gasteiger partial charge in [-0.1, -0.05) is 0 Å². The number of hydrogen-bond donors (Lipinski definition) is 0. The highest BCUT2D eigenvalue weighted by atomic mass is 16.6. The van der Waals surface area contributed by atoms with Gasteiger partial charge in [-0.15, -0.1) is 0 Å². The van der Waals surface area contributed by atoms with E-state index in [1.165, 1.54) is 33.3 Å². The Bertz CT molecular complexity index is 986. The lowest BCUT2D eigenvalue weighted by molar-refractivity contribution is -0.387.